The van der Waals surface area contributed by atoms with Gasteiger partial charge in [0, 0.05) is 6.07 Å². The number of nitrogens with one attached hydrogen (secondary N) is 1. The molecule has 0 aromatic heterocycles. The van der Waals surface area contributed by atoms with Crippen LogP contribution in [0.1, 0.15) is 6.42 Å². The Labute approximate surface area is 123 Å². The van der Waals surface area contributed by atoms with Gasteiger partial charge < -0.3 is 9.47 Å². The molecule has 0 atom stereocenters. The molecule has 0 fully saturated rings. The molecular formula is C13H12F2N2O5. The summed E-state index contributed by atoms with van der Waals surface area (Å²) < 4.78 is 34.8. The van der Waals surface area contributed by atoms with Crippen LogP contribution in [0, 0.1) is 11.6 Å². The van der Waals surface area contributed by atoms with E-state index in [-0.39, 0.29) is 5.69 Å². The number of hydrogen-bond donors (Lipinski definition) is 1. The second-order valence-corrected chi connectivity index (χ2v) is 3.86. The summed E-state index contributed by atoms with van der Waals surface area (Å²) >= 11 is 0. The van der Waals surface area contributed by atoms with Gasteiger partial charge in [0.15, 0.2) is 5.82 Å². The van der Waals surface area contributed by atoms with Crippen molar-refractivity contribution in [1.29, 1.82) is 0 Å². The van der Waals surface area contributed by atoms with Crippen molar-refractivity contribution in [3.8, 4) is 0 Å². The van der Waals surface area contributed by atoms with E-state index in [1.807, 2.05) is 0 Å². The Kier molecular flexibility index (Phi) is 6.11. The first-order valence-corrected chi connectivity index (χ1v) is 5.86. The van der Waals surface area contributed by atoms with E-state index in [1.54, 1.807) is 0 Å². The van der Waals surface area contributed by atoms with E-state index in [0.29, 0.717) is 6.07 Å². The number of carbonyl (C=O) groups is 3. The Morgan fingerprint density at radius 1 is 1.18 bits per heavy atom. The molecule has 0 spiro atoms. The Balaban J connectivity index is 2.98. The van der Waals surface area contributed by atoms with Crippen molar-refractivity contribution in [2.45, 2.75) is 6.42 Å². The predicted molar refractivity (Wildman–Crippen MR) is 71.1 cm³/mol. The third-order valence-corrected chi connectivity index (χ3v) is 2.39. The van der Waals surface area contributed by atoms with Crippen LogP contribution in [0.3, 0.4) is 0 Å². The van der Waals surface area contributed by atoms with Crippen LogP contribution in [0.25, 0.3) is 0 Å². The maximum atomic E-state index is 13.4. The molecule has 0 unspecified atom stereocenters. The third kappa shape index (κ3) is 4.62. The lowest BCUT2D eigenvalue weighted by Crippen LogP contribution is -2.28. The van der Waals surface area contributed by atoms with Gasteiger partial charge in [0.25, 0.3) is 0 Å². The van der Waals surface area contributed by atoms with Gasteiger partial charge in [-0.1, -0.05) is 0 Å². The molecule has 1 rings (SSSR count). The highest BCUT2D eigenvalue weighted by atomic mass is 19.1. The number of Topliss-reactive ketones (excluding diaryl/α,β-unsaturated/α-hetero) is 1. The van der Waals surface area contributed by atoms with Crippen molar-refractivity contribution in [3.63, 3.8) is 0 Å². The van der Waals surface area contributed by atoms with E-state index < -0.39 is 41.5 Å². The van der Waals surface area contributed by atoms with E-state index in [2.05, 4.69) is 20.0 Å². The van der Waals surface area contributed by atoms with Crippen molar-refractivity contribution < 1.29 is 32.6 Å². The average molecular weight is 314 g/mol. The summed E-state index contributed by atoms with van der Waals surface area (Å²) in [6.07, 6.45) is -0.738. The fourth-order valence-corrected chi connectivity index (χ4v) is 1.30. The van der Waals surface area contributed by atoms with Gasteiger partial charge in [-0.2, -0.15) is 5.10 Å². The molecule has 0 heterocycles. The number of nitrogens with zero attached hydrogens (tertiary/aromatic N) is 1. The molecule has 0 amide bonds. The molecule has 0 aliphatic heterocycles. The van der Waals surface area contributed by atoms with Gasteiger partial charge in [0.05, 0.1) is 19.9 Å². The van der Waals surface area contributed by atoms with Gasteiger partial charge in [-0.3, -0.25) is 15.0 Å². The summed E-state index contributed by atoms with van der Waals surface area (Å²) in [5.74, 6) is -4.76. The SMILES string of the molecule is COC(=O)CC(=O)/C(=N\Nc1ccc(F)cc1F)C(=O)OC. The number of hydrazone groups is 1. The van der Waals surface area contributed by atoms with E-state index >= 15 is 0 Å². The van der Waals surface area contributed by atoms with Crippen LogP contribution in [0.15, 0.2) is 23.3 Å². The minimum Gasteiger partial charge on any atom is -0.469 e. The highest BCUT2D eigenvalue weighted by Gasteiger charge is 2.24. The molecule has 118 valence electrons. The zero-order valence-electron chi connectivity index (χ0n) is 11.7. The number of ketones is 1. The quantitative estimate of drug-likeness (QED) is 0.365. The summed E-state index contributed by atoms with van der Waals surface area (Å²) in [5, 5.41) is 3.41. The Morgan fingerprint density at radius 2 is 1.86 bits per heavy atom. The second kappa shape index (κ2) is 7.81. The Morgan fingerprint density at radius 3 is 2.41 bits per heavy atom. The third-order valence-electron chi connectivity index (χ3n) is 2.39. The largest absolute Gasteiger partial charge is 0.469 e. The van der Waals surface area contributed by atoms with Crippen molar-refractivity contribution in [1.82, 2.24) is 0 Å². The van der Waals surface area contributed by atoms with Crippen molar-refractivity contribution in [3.05, 3.63) is 29.8 Å². The van der Waals surface area contributed by atoms with E-state index in [0.717, 1.165) is 26.4 Å². The standard InChI is InChI=1S/C13H12F2N2O5/c1-21-11(19)6-10(18)12(13(20)22-2)17-16-9-4-3-7(14)5-8(9)15/h3-5,16H,6H2,1-2H3/b17-12+. The molecule has 0 saturated heterocycles. The monoisotopic (exact) mass is 314 g/mol. The van der Waals surface area contributed by atoms with E-state index in [1.165, 1.54) is 0 Å². The van der Waals surface area contributed by atoms with Crippen LogP contribution in [-0.4, -0.2) is 37.7 Å². The zero-order chi connectivity index (χ0) is 16.7. The lowest BCUT2D eigenvalue weighted by atomic mass is 10.2. The fourth-order valence-electron chi connectivity index (χ4n) is 1.30. The molecule has 7 nitrogen and oxygen atoms in total. The highest BCUT2D eigenvalue weighted by Crippen LogP contribution is 2.14. The number of benzene rings is 1. The van der Waals surface area contributed by atoms with Crippen molar-refractivity contribution >= 4 is 29.1 Å². The van der Waals surface area contributed by atoms with Crippen LogP contribution in [0.5, 0.6) is 0 Å². The fraction of sp³-hybridized carbons (Fsp3) is 0.231. The molecule has 1 aromatic rings. The normalized spacial score (nSPS) is 10.8. The Hall–Kier alpha value is -2.84. The predicted octanol–water partition coefficient (Wildman–Crippen LogP) is 1.04. The number of halogens is 2. The first kappa shape index (κ1) is 17.2. The summed E-state index contributed by atoms with van der Waals surface area (Å²) in [4.78, 5) is 34.2. The summed E-state index contributed by atoms with van der Waals surface area (Å²) in [6.45, 7) is 0. The summed E-state index contributed by atoms with van der Waals surface area (Å²) in [7, 11) is 2.07. The van der Waals surface area contributed by atoms with Crippen LogP contribution >= 0.6 is 0 Å². The molecule has 0 aliphatic carbocycles. The van der Waals surface area contributed by atoms with Crippen LogP contribution in [0.2, 0.25) is 0 Å². The van der Waals surface area contributed by atoms with Gasteiger partial charge in [-0.25, -0.2) is 13.6 Å². The molecule has 0 radical (unpaired) electrons. The minimum absolute atomic E-state index is 0.270. The van der Waals surface area contributed by atoms with Gasteiger partial charge >= 0.3 is 11.9 Å². The molecule has 0 bridgehead atoms. The smallest absolute Gasteiger partial charge is 0.362 e. The van der Waals surface area contributed by atoms with Crippen molar-refractivity contribution in [2.75, 3.05) is 19.6 Å². The first-order chi connectivity index (χ1) is 10.4. The van der Waals surface area contributed by atoms with E-state index in [4.69, 9.17) is 0 Å². The average Bonchev–Trinajstić information content (AvgIpc) is 2.48. The van der Waals surface area contributed by atoms with Crippen molar-refractivity contribution in [2.24, 2.45) is 5.10 Å². The maximum absolute atomic E-state index is 13.4. The molecule has 9 heteroatoms. The van der Waals surface area contributed by atoms with Crippen LogP contribution in [-0.2, 0) is 23.9 Å². The second-order valence-electron chi connectivity index (χ2n) is 3.86. The molecule has 0 saturated carbocycles. The minimum atomic E-state index is -1.12. The first-order valence-electron chi connectivity index (χ1n) is 5.86. The number of methoxy groups -OCH3 is 2. The van der Waals surface area contributed by atoms with Crippen LogP contribution < -0.4 is 5.43 Å². The van der Waals surface area contributed by atoms with E-state index in [9.17, 15) is 23.2 Å². The highest BCUT2D eigenvalue weighted by molar-refractivity contribution is 6.65. The summed E-state index contributed by atoms with van der Waals surface area (Å²) in [6, 6.07) is 2.56. The molecule has 0 aliphatic rings. The topological polar surface area (TPSA) is 94.1 Å². The number of ether oxygens (including phenoxy) is 2. The Bertz CT molecular complexity index is 631. The summed E-state index contributed by atoms with van der Waals surface area (Å²) in [5.41, 5.74) is 1.08. The van der Waals surface area contributed by atoms with Gasteiger partial charge in [0.1, 0.15) is 12.2 Å². The number of hydrogen-bond acceptors (Lipinski definition) is 7. The number of esters is 2. The number of rotatable bonds is 6. The van der Waals surface area contributed by atoms with Gasteiger partial charge in [-0.05, 0) is 12.1 Å². The zero-order valence-corrected chi connectivity index (χ0v) is 11.7. The number of anilines is 1. The molecular weight excluding hydrogens is 302 g/mol. The van der Waals surface area contributed by atoms with Crippen LogP contribution in [0.4, 0.5) is 14.5 Å². The lowest BCUT2D eigenvalue weighted by molar-refractivity contribution is -0.142. The number of carbonyl (C=O) groups excluding carboxylic acids is 3. The molecule has 1 aromatic carbocycles. The molecule has 1 N–H and O–H groups in total. The van der Waals surface area contributed by atoms with Gasteiger partial charge in [0.2, 0.25) is 11.5 Å². The maximum Gasteiger partial charge on any atom is 0.362 e. The molecule has 22 heavy (non-hydrogen) atoms. The lowest BCUT2D eigenvalue weighted by Gasteiger charge is -2.06. The van der Waals surface area contributed by atoms with Gasteiger partial charge in [-0.15, -0.1) is 0 Å².